The van der Waals surface area contributed by atoms with Crippen LogP contribution in [0.3, 0.4) is 0 Å². The largest absolute Gasteiger partial charge is 0.393 e. The quantitative estimate of drug-likeness (QED) is 0.927. The normalized spacial score (nSPS) is 23.4. The summed E-state index contributed by atoms with van der Waals surface area (Å²) in [6.07, 6.45) is 2.43. The molecule has 2 aliphatic rings. The van der Waals surface area contributed by atoms with Gasteiger partial charge >= 0.3 is 6.18 Å². The highest BCUT2D eigenvalue weighted by Crippen LogP contribution is 2.33. The maximum absolute atomic E-state index is 12.8. The molecule has 0 amide bonds. The highest BCUT2D eigenvalue weighted by molar-refractivity contribution is 5.30. The molecule has 7 heteroatoms. The van der Waals surface area contributed by atoms with Crippen molar-refractivity contribution >= 4 is 5.95 Å². The summed E-state index contributed by atoms with van der Waals surface area (Å²) in [6.45, 7) is 1.27. The number of alkyl halides is 3. The third kappa shape index (κ3) is 3.84. The topological polar surface area (TPSA) is 41.1 Å². The van der Waals surface area contributed by atoms with Gasteiger partial charge < -0.3 is 10.2 Å². The first-order valence-corrected chi connectivity index (χ1v) is 7.38. The molecule has 0 aromatic carbocycles. The van der Waals surface area contributed by atoms with Gasteiger partial charge in [-0.05, 0) is 25.7 Å². The number of nitrogens with one attached hydrogen (secondary N) is 1. The zero-order valence-corrected chi connectivity index (χ0v) is 11.7. The van der Waals surface area contributed by atoms with Crippen LogP contribution in [0.1, 0.15) is 31.2 Å². The molecule has 0 bridgehead atoms. The van der Waals surface area contributed by atoms with E-state index in [0.29, 0.717) is 25.0 Å². The molecule has 1 saturated carbocycles. The Morgan fingerprint density at radius 2 is 1.90 bits per heavy atom. The van der Waals surface area contributed by atoms with E-state index in [1.54, 1.807) is 17.3 Å². The summed E-state index contributed by atoms with van der Waals surface area (Å²) in [5.74, 6) is -0.870. The van der Waals surface area contributed by atoms with Crippen molar-refractivity contribution in [3.8, 4) is 0 Å². The van der Waals surface area contributed by atoms with Gasteiger partial charge in [0.2, 0.25) is 5.95 Å². The average molecular weight is 300 g/mol. The van der Waals surface area contributed by atoms with Crippen molar-refractivity contribution in [1.82, 2.24) is 15.3 Å². The molecule has 0 radical (unpaired) electrons. The van der Waals surface area contributed by atoms with Gasteiger partial charge in [-0.1, -0.05) is 0 Å². The summed E-state index contributed by atoms with van der Waals surface area (Å²) in [4.78, 5) is 10.1. The standard InChI is InChI=1S/C14H19F3N4/c15-14(16,17)11-2-1-5-21(9-11)13-19-7-10(8-20-13)6-18-12-3-4-12/h7-8,11-12,18H,1-6,9H2. The molecule has 21 heavy (non-hydrogen) atoms. The lowest BCUT2D eigenvalue weighted by Gasteiger charge is -2.33. The van der Waals surface area contributed by atoms with Crippen molar-refractivity contribution in [2.75, 3.05) is 18.0 Å². The third-order valence-electron chi connectivity index (χ3n) is 4.03. The van der Waals surface area contributed by atoms with E-state index in [1.165, 1.54) is 12.8 Å². The van der Waals surface area contributed by atoms with Crippen molar-refractivity contribution in [3.05, 3.63) is 18.0 Å². The maximum Gasteiger partial charge on any atom is 0.393 e. The van der Waals surface area contributed by atoms with Gasteiger partial charge in [-0.25, -0.2) is 9.97 Å². The fraction of sp³-hybridized carbons (Fsp3) is 0.714. The van der Waals surface area contributed by atoms with E-state index in [1.807, 2.05) is 0 Å². The van der Waals surface area contributed by atoms with E-state index in [0.717, 1.165) is 12.1 Å². The Labute approximate surface area is 121 Å². The molecule has 4 nitrogen and oxygen atoms in total. The van der Waals surface area contributed by atoms with Gasteiger partial charge in [-0.2, -0.15) is 13.2 Å². The van der Waals surface area contributed by atoms with Gasteiger partial charge in [0.1, 0.15) is 0 Å². The Kier molecular flexibility index (Phi) is 4.01. The zero-order valence-electron chi connectivity index (χ0n) is 11.7. The first-order valence-electron chi connectivity index (χ1n) is 7.38. The van der Waals surface area contributed by atoms with Crippen LogP contribution < -0.4 is 10.2 Å². The molecule has 116 valence electrons. The summed E-state index contributed by atoms with van der Waals surface area (Å²) >= 11 is 0. The molecule has 1 aliphatic carbocycles. The van der Waals surface area contributed by atoms with Gasteiger partial charge in [-0.3, -0.25) is 0 Å². The molecule has 1 aromatic heterocycles. The van der Waals surface area contributed by atoms with E-state index >= 15 is 0 Å². The highest BCUT2D eigenvalue weighted by atomic mass is 19.4. The molecule has 1 N–H and O–H groups in total. The van der Waals surface area contributed by atoms with Gasteiger partial charge in [-0.15, -0.1) is 0 Å². The maximum atomic E-state index is 12.8. The highest BCUT2D eigenvalue weighted by Gasteiger charge is 2.42. The summed E-state index contributed by atoms with van der Waals surface area (Å²) < 4.78 is 38.4. The first kappa shape index (κ1) is 14.6. The minimum atomic E-state index is -4.13. The van der Waals surface area contributed by atoms with Crippen LogP contribution in [0.15, 0.2) is 12.4 Å². The van der Waals surface area contributed by atoms with E-state index in [9.17, 15) is 13.2 Å². The molecule has 0 spiro atoms. The molecular weight excluding hydrogens is 281 g/mol. The average Bonchev–Trinajstić information content (AvgIpc) is 3.29. The molecule has 1 saturated heterocycles. The molecule has 3 rings (SSSR count). The van der Waals surface area contributed by atoms with E-state index < -0.39 is 12.1 Å². The van der Waals surface area contributed by atoms with Crippen LogP contribution >= 0.6 is 0 Å². The second-order valence-electron chi connectivity index (χ2n) is 5.87. The van der Waals surface area contributed by atoms with E-state index in [4.69, 9.17) is 0 Å². The zero-order chi connectivity index (χ0) is 14.9. The van der Waals surface area contributed by atoms with Crippen LogP contribution in [0.5, 0.6) is 0 Å². The predicted octanol–water partition coefficient (Wildman–Crippen LogP) is 2.51. The third-order valence-corrected chi connectivity index (χ3v) is 4.03. The smallest absolute Gasteiger partial charge is 0.340 e. The summed E-state index contributed by atoms with van der Waals surface area (Å²) in [5, 5.41) is 3.36. The molecule has 1 atom stereocenters. The molecule has 2 heterocycles. The van der Waals surface area contributed by atoms with Crippen LogP contribution in [-0.4, -0.2) is 35.3 Å². The Bertz CT molecular complexity index is 470. The summed E-state index contributed by atoms with van der Waals surface area (Å²) in [7, 11) is 0. The summed E-state index contributed by atoms with van der Waals surface area (Å²) in [6, 6.07) is 0.610. The number of aromatic nitrogens is 2. The number of rotatable bonds is 4. The van der Waals surface area contributed by atoms with Crippen molar-refractivity contribution < 1.29 is 13.2 Å². The van der Waals surface area contributed by atoms with Crippen LogP contribution in [-0.2, 0) is 6.54 Å². The van der Waals surface area contributed by atoms with Crippen molar-refractivity contribution in [2.24, 2.45) is 5.92 Å². The lowest BCUT2D eigenvalue weighted by atomic mass is 9.98. The minimum Gasteiger partial charge on any atom is -0.340 e. The SMILES string of the molecule is FC(F)(F)C1CCCN(c2ncc(CNC3CC3)cn2)C1. The van der Waals surface area contributed by atoms with Crippen LogP contribution in [0, 0.1) is 5.92 Å². The molecule has 1 aromatic rings. The Morgan fingerprint density at radius 1 is 1.19 bits per heavy atom. The number of anilines is 1. The van der Waals surface area contributed by atoms with Crippen molar-refractivity contribution in [3.63, 3.8) is 0 Å². The van der Waals surface area contributed by atoms with Gasteiger partial charge in [0.25, 0.3) is 0 Å². The number of hydrogen-bond donors (Lipinski definition) is 1. The first-order chi connectivity index (χ1) is 10.0. The number of halogens is 3. The summed E-state index contributed by atoms with van der Waals surface area (Å²) in [5.41, 5.74) is 0.968. The Balaban J connectivity index is 1.60. The second-order valence-corrected chi connectivity index (χ2v) is 5.87. The van der Waals surface area contributed by atoms with Gasteiger partial charge in [0, 0.05) is 43.6 Å². The van der Waals surface area contributed by atoms with Crippen LogP contribution in [0.2, 0.25) is 0 Å². The molecule has 2 fully saturated rings. The fourth-order valence-electron chi connectivity index (χ4n) is 2.58. The van der Waals surface area contributed by atoms with Crippen molar-refractivity contribution in [2.45, 2.75) is 44.4 Å². The molecule has 1 unspecified atom stereocenters. The lowest BCUT2D eigenvalue weighted by Crippen LogP contribution is -2.42. The predicted molar refractivity (Wildman–Crippen MR) is 72.9 cm³/mol. The number of hydrogen-bond acceptors (Lipinski definition) is 4. The second kappa shape index (κ2) is 5.79. The monoisotopic (exact) mass is 300 g/mol. The van der Waals surface area contributed by atoms with Gasteiger partial charge in [0.05, 0.1) is 5.92 Å². The van der Waals surface area contributed by atoms with Crippen molar-refractivity contribution in [1.29, 1.82) is 0 Å². The Morgan fingerprint density at radius 3 is 2.52 bits per heavy atom. The van der Waals surface area contributed by atoms with Crippen LogP contribution in [0.4, 0.5) is 19.1 Å². The van der Waals surface area contributed by atoms with E-state index in [2.05, 4.69) is 15.3 Å². The van der Waals surface area contributed by atoms with Gasteiger partial charge in [0.15, 0.2) is 0 Å². The lowest BCUT2D eigenvalue weighted by molar-refractivity contribution is -0.176. The number of piperidine rings is 1. The molecule has 1 aliphatic heterocycles. The fourth-order valence-corrected chi connectivity index (χ4v) is 2.58. The number of nitrogens with zero attached hydrogens (tertiary/aromatic N) is 3. The minimum absolute atomic E-state index is 0.0385. The van der Waals surface area contributed by atoms with Crippen LogP contribution in [0.25, 0.3) is 0 Å². The van der Waals surface area contributed by atoms with E-state index in [-0.39, 0.29) is 13.0 Å². The Hall–Kier alpha value is -1.37. The molecular formula is C14H19F3N4.